The van der Waals surface area contributed by atoms with Gasteiger partial charge in [-0.3, -0.25) is 4.79 Å². The minimum Gasteiger partial charge on any atom is -0.488 e. The number of aliphatic hydroxyl groups excluding tert-OH is 1. The SMILES string of the molecule is Cn1cc2c(c1C(=O)Nc1cc(F)c(F)c(F)c1)OCC(C(O)C1CC1)NS2(=O)=O. The van der Waals surface area contributed by atoms with Gasteiger partial charge in [0.05, 0.1) is 12.1 Å². The summed E-state index contributed by atoms with van der Waals surface area (Å²) < 4.78 is 74.6. The van der Waals surface area contributed by atoms with Crippen LogP contribution in [0.1, 0.15) is 23.3 Å². The summed E-state index contributed by atoms with van der Waals surface area (Å²) in [5, 5.41) is 12.5. The number of nitrogens with zero attached hydrogens (tertiary/aromatic N) is 1. The quantitative estimate of drug-likeness (QED) is 0.618. The van der Waals surface area contributed by atoms with Gasteiger partial charge in [0, 0.05) is 31.1 Å². The number of aryl methyl sites for hydroxylation is 1. The van der Waals surface area contributed by atoms with Crippen LogP contribution in [0, 0.1) is 23.4 Å². The molecule has 162 valence electrons. The number of fused-ring (bicyclic) bond motifs is 1. The van der Waals surface area contributed by atoms with Gasteiger partial charge in [0.1, 0.15) is 11.5 Å². The first-order valence-corrected chi connectivity index (χ1v) is 10.5. The molecule has 0 spiro atoms. The van der Waals surface area contributed by atoms with Crippen LogP contribution >= 0.6 is 0 Å². The lowest BCUT2D eigenvalue weighted by Gasteiger charge is -2.21. The maximum atomic E-state index is 13.4. The molecule has 1 aliphatic heterocycles. The molecule has 1 amide bonds. The molecule has 2 heterocycles. The fourth-order valence-electron chi connectivity index (χ4n) is 3.39. The number of rotatable bonds is 4. The zero-order chi connectivity index (χ0) is 21.8. The van der Waals surface area contributed by atoms with Crippen LogP contribution < -0.4 is 14.8 Å². The average Bonchev–Trinajstić information content (AvgIpc) is 3.46. The monoisotopic (exact) mass is 445 g/mol. The van der Waals surface area contributed by atoms with E-state index >= 15 is 0 Å². The Kier molecular flexibility index (Phi) is 5.03. The summed E-state index contributed by atoms with van der Waals surface area (Å²) in [5.41, 5.74) is -0.579. The molecular formula is C18H18F3N3O5S. The molecule has 4 rings (SSSR count). The van der Waals surface area contributed by atoms with Crippen molar-refractivity contribution in [3.8, 4) is 5.75 Å². The number of aliphatic hydroxyl groups is 1. The summed E-state index contributed by atoms with van der Waals surface area (Å²) in [4.78, 5) is 12.4. The third kappa shape index (κ3) is 3.66. The van der Waals surface area contributed by atoms with Gasteiger partial charge >= 0.3 is 0 Å². The molecule has 1 aromatic carbocycles. The first kappa shape index (κ1) is 20.7. The standard InChI is InChI=1S/C18H18F3N3O5S/c1-24-6-13-17(29-7-12(23-30(13,27)28)16(25)8-2-3-8)15(24)18(26)22-9-4-10(19)14(21)11(20)5-9/h4-6,8,12,16,23,25H,2-3,7H2,1H3,(H,22,26). The van der Waals surface area contributed by atoms with E-state index in [9.17, 15) is 31.5 Å². The number of aromatic nitrogens is 1. The number of hydrogen-bond acceptors (Lipinski definition) is 5. The Morgan fingerprint density at radius 1 is 1.30 bits per heavy atom. The molecule has 0 saturated heterocycles. The molecule has 8 nitrogen and oxygen atoms in total. The lowest BCUT2D eigenvalue weighted by molar-refractivity contribution is 0.0898. The number of hydrogen-bond donors (Lipinski definition) is 3. The Labute approximate surface area is 169 Å². The molecule has 2 aromatic rings. The zero-order valence-electron chi connectivity index (χ0n) is 15.7. The van der Waals surface area contributed by atoms with Gasteiger partial charge in [0.2, 0.25) is 10.0 Å². The second kappa shape index (κ2) is 7.29. The van der Waals surface area contributed by atoms with E-state index in [-0.39, 0.29) is 34.6 Å². The van der Waals surface area contributed by atoms with E-state index in [0.29, 0.717) is 12.1 Å². The Morgan fingerprint density at radius 2 is 1.93 bits per heavy atom. The number of halogens is 3. The normalized spacial score (nSPS) is 21.3. The Balaban J connectivity index is 1.65. The molecule has 12 heteroatoms. The summed E-state index contributed by atoms with van der Waals surface area (Å²) in [6.07, 6.45) is 1.79. The maximum Gasteiger partial charge on any atom is 0.276 e. The molecule has 0 bridgehead atoms. The van der Waals surface area contributed by atoms with E-state index in [1.165, 1.54) is 11.6 Å². The van der Waals surface area contributed by atoms with Crippen molar-refractivity contribution in [2.24, 2.45) is 13.0 Å². The number of amides is 1. The lowest BCUT2D eigenvalue weighted by atomic mass is 10.1. The van der Waals surface area contributed by atoms with E-state index in [2.05, 4.69) is 10.0 Å². The molecule has 3 N–H and O–H groups in total. The van der Waals surface area contributed by atoms with Crippen LogP contribution in [0.25, 0.3) is 0 Å². The van der Waals surface area contributed by atoms with Crippen molar-refractivity contribution in [3.63, 3.8) is 0 Å². The third-order valence-electron chi connectivity index (χ3n) is 5.08. The van der Waals surface area contributed by atoms with Crippen molar-refractivity contribution in [2.45, 2.75) is 29.9 Å². The van der Waals surface area contributed by atoms with E-state index in [1.807, 2.05) is 0 Å². The maximum absolute atomic E-state index is 13.4. The number of anilines is 1. The Hall–Kier alpha value is -2.57. The number of carbonyl (C=O) groups excluding carboxylic acids is 1. The molecule has 2 unspecified atom stereocenters. The fraction of sp³-hybridized carbons (Fsp3) is 0.389. The predicted molar refractivity (Wildman–Crippen MR) is 98.0 cm³/mol. The summed E-state index contributed by atoms with van der Waals surface area (Å²) in [7, 11) is -2.72. The summed E-state index contributed by atoms with van der Waals surface area (Å²) >= 11 is 0. The summed E-state index contributed by atoms with van der Waals surface area (Å²) in [6, 6.07) is 0.300. The molecule has 1 saturated carbocycles. The first-order chi connectivity index (χ1) is 14.1. The van der Waals surface area contributed by atoms with Crippen LogP contribution in [0.15, 0.2) is 23.2 Å². The highest BCUT2D eigenvalue weighted by atomic mass is 32.2. The Morgan fingerprint density at radius 3 is 2.53 bits per heavy atom. The zero-order valence-corrected chi connectivity index (χ0v) is 16.5. The van der Waals surface area contributed by atoms with Crippen molar-refractivity contribution < 1.29 is 36.2 Å². The minimum absolute atomic E-state index is 0.0177. The van der Waals surface area contributed by atoms with Crippen LogP contribution in [0.4, 0.5) is 18.9 Å². The number of carbonyl (C=O) groups is 1. The van der Waals surface area contributed by atoms with Gasteiger partial charge in [0.25, 0.3) is 5.91 Å². The predicted octanol–water partition coefficient (Wildman–Crippen LogP) is 1.50. The second-order valence-corrected chi connectivity index (χ2v) is 9.04. The van der Waals surface area contributed by atoms with Crippen molar-refractivity contribution in [1.82, 2.24) is 9.29 Å². The van der Waals surface area contributed by atoms with Crippen molar-refractivity contribution in [1.29, 1.82) is 0 Å². The molecule has 30 heavy (non-hydrogen) atoms. The van der Waals surface area contributed by atoms with E-state index < -0.39 is 45.5 Å². The van der Waals surface area contributed by atoms with E-state index in [1.54, 1.807) is 0 Å². The van der Waals surface area contributed by atoms with Gasteiger partial charge in [-0.15, -0.1) is 0 Å². The smallest absolute Gasteiger partial charge is 0.276 e. The third-order valence-corrected chi connectivity index (χ3v) is 6.56. The van der Waals surface area contributed by atoms with Gasteiger partial charge in [0.15, 0.2) is 28.9 Å². The van der Waals surface area contributed by atoms with Crippen molar-refractivity contribution in [3.05, 3.63) is 41.5 Å². The van der Waals surface area contributed by atoms with Gasteiger partial charge < -0.3 is 19.7 Å². The molecule has 1 fully saturated rings. The molecule has 2 aliphatic rings. The van der Waals surface area contributed by atoms with E-state index in [4.69, 9.17) is 4.74 Å². The molecule has 1 aliphatic carbocycles. The largest absolute Gasteiger partial charge is 0.488 e. The highest BCUT2D eigenvalue weighted by molar-refractivity contribution is 7.89. The van der Waals surface area contributed by atoms with Crippen LogP contribution in [-0.2, 0) is 17.1 Å². The average molecular weight is 445 g/mol. The summed E-state index contributed by atoms with van der Waals surface area (Å²) in [5.74, 6) is -5.85. The highest BCUT2D eigenvalue weighted by Gasteiger charge is 2.41. The van der Waals surface area contributed by atoms with Crippen LogP contribution in [0.2, 0.25) is 0 Å². The van der Waals surface area contributed by atoms with Gasteiger partial charge in [-0.05, 0) is 18.8 Å². The van der Waals surface area contributed by atoms with Crippen LogP contribution in [0.3, 0.4) is 0 Å². The topological polar surface area (TPSA) is 110 Å². The van der Waals surface area contributed by atoms with E-state index in [0.717, 1.165) is 19.0 Å². The molecule has 0 radical (unpaired) electrons. The molecule has 1 aromatic heterocycles. The first-order valence-electron chi connectivity index (χ1n) is 9.07. The summed E-state index contributed by atoms with van der Waals surface area (Å²) in [6.45, 7) is -0.214. The second-order valence-electron chi connectivity index (χ2n) is 7.36. The number of benzene rings is 1. The Bertz CT molecular complexity index is 1110. The number of sulfonamides is 1. The fourth-order valence-corrected chi connectivity index (χ4v) is 4.82. The molecule has 2 atom stereocenters. The number of nitrogens with one attached hydrogen (secondary N) is 2. The highest BCUT2D eigenvalue weighted by Crippen LogP contribution is 2.37. The lowest BCUT2D eigenvalue weighted by Crippen LogP contribution is -2.46. The number of ether oxygens (including phenoxy) is 1. The van der Waals surface area contributed by atoms with Gasteiger partial charge in [-0.2, -0.15) is 0 Å². The van der Waals surface area contributed by atoms with Crippen LogP contribution in [-0.4, -0.2) is 42.8 Å². The van der Waals surface area contributed by atoms with Gasteiger partial charge in [-0.1, -0.05) is 0 Å². The van der Waals surface area contributed by atoms with Crippen molar-refractivity contribution >= 4 is 21.6 Å². The minimum atomic E-state index is -4.11. The van der Waals surface area contributed by atoms with Crippen LogP contribution in [0.5, 0.6) is 5.75 Å². The van der Waals surface area contributed by atoms with Gasteiger partial charge in [-0.25, -0.2) is 26.3 Å². The molecular weight excluding hydrogens is 427 g/mol. The van der Waals surface area contributed by atoms with Crippen molar-refractivity contribution in [2.75, 3.05) is 11.9 Å².